The first kappa shape index (κ1) is 13.2. The summed E-state index contributed by atoms with van der Waals surface area (Å²) in [4.78, 5) is 0. The second-order valence-corrected chi connectivity index (χ2v) is 5.06. The van der Waals surface area contributed by atoms with Gasteiger partial charge in [0.1, 0.15) is 0 Å². The SMILES string of the molecule is CCCCC(O)c1ccc(Br)cc1-c1nnn[nH]1. The fraction of sp³-hybridized carbons (Fsp3) is 0.417. The molecule has 0 saturated heterocycles. The lowest BCUT2D eigenvalue weighted by Gasteiger charge is -2.14. The number of aliphatic hydroxyl groups is 1. The summed E-state index contributed by atoms with van der Waals surface area (Å²) in [7, 11) is 0. The van der Waals surface area contributed by atoms with E-state index in [2.05, 4.69) is 43.5 Å². The van der Waals surface area contributed by atoms with Gasteiger partial charge in [0.05, 0.1) is 6.10 Å². The number of H-pyrrole nitrogens is 1. The van der Waals surface area contributed by atoms with Crippen molar-refractivity contribution in [2.75, 3.05) is 0 Å². The number of rotatable bonds is 5. The van der Waals surface area contributed by atoms with Crippen molar-refractivity contribution in [3.05, 3.63) is 28.2 Å². The highest BCUT2D eigenvalue weighted by molar-refractivity contribution is 9.10. The van der Waals surface area contributed by atoms with E-state index in [9.17, 15) is 5.11 Å². The Kier molecular flexibility index (Phi) is 4.43. The fourth-order valence-electron chi connectivity index (χ4n) is 1.85. The molecule has 1 aromatic heterocycles. The van der Waals surface area contributed by atoms with Crippen LogP contribution in [0.25, 0.3) is 11.4 Å². The van der Waals surface area contributed by atoms with Crippen molar-refractivity contribution >= 4 is 15.9 Å². The summed E-state index contributed by atoms with van der Waals surface area (Å²) < 4.78 is 0.931. The molecule has 0 spiro atoms. The Labute approximate surface area is 114 Å². The number of aromatic amines is 1. The van der Waals surface area contributed by atoms with Crippen LogP contribution in [0.1, 0.15) is 37.9 Å². The molecule has 0 aliphatic carbocycles. The van der Waals surface area contributed by atoms with E-state index >= 15 is 0 Å². The maximum atomic E-state index is 10.2. The van der Waals surface area contributed by atoms with E-state index in [-0.39, 0.29) is 0 Å². The Morgan fingerprint density at radius 1 is 1.44 bits per heavy atom. The Balaban J connectivity index is 2.35. The van der Waals surface area contributed by atoms with Crippen LogP contribution in [0.4, 0.5) is 0 Å². The molecule has 2 aromatic rings. The standard InChI is InChI=1S/C12H15BrN4O/c1-2-3-4-11(18)9-6-5-8(13)7-10(9)12-14-16-17-15-12/h5-7,11,18H,2-4H2,1H3,(H,14,15,16,17). The van der Waals surface area contributed by atoms with Crippen LogP contribution in [0.3, 0.4) is 0 Å². The largest absolute Gasteiger partial charge is 0.388 e. The van der Waals surface area contributed by atoms with Gasteiger partial charge in [-0.15, -0.1) is 5.10 Å². The number of nitrogens with zero attached hydrogens (tertiary/aromatic N) is 3. The van der Waals surface area contributed by atoms with Crippen LogP contribution in [0.2, 0.25) is 0 Å². The predicted molar refractivity (Wildman–Crippen MR) is 71.8 cm³/mol. The molecule has 0 radical (unpaired) electrons. The van der Waals surface area contributed by atoms with Crippen LogP contribution in [0.5, 0.6) is 0 Å². The van der Waals surface area contributed by atoms with Gasteiger partial charge in [0.25, 0.3) is 0 Å². The predicted octanol–water partition coefficient (Wildman–Crippen LogP) is 2.85. The molecule has 1 aromatic carbocycles. The van der Waals surface area contributed by atoms with Gasteiger partial charge in [-0.3, -0.25) is 0 Å². The zero-order valence-electron chi connectivity index (χ0n) is 10.1. The Morgan fingerprint density at radius 3 is 2.94 bits per heavy atom. The molecular weight excluding hydrogens is 296 g/mol. The van der Waals surface area contributed by atoms with Crippen LogP contribution >= 0.6 is 15.9 Å². The van der Waals surface area contributed by atoms with Gasteiger partial charge in [-0.05, 0) is 34.5 Å². The van der Waals surface area contributed by atoms with Crippen molar-refractivity contribution < 1.29 is 5.11 Å². The number of aromatic nitrogens is 4. The number of halogens is 1. The number of hydrogen-bond donors (Lipinski definition) is 2. The monoisotopic (exact) mass is 310 g/mol. The van der Waals surface area contributed by atoms with Gasteiger partial charge in [-0.25, -0.2) is 5.10 Å². The summed E-state index contributed by atoms with van der Waals surface area (Å²) in [6, 6.07) is 5.73. The molecule has 18 heavy (non-hydrogen) atoms. The van der Waals surface area contributed by atoms with Crippen molar-refractivity contribution in [3.8, 4) is 11.4 Å². The van der Waals surface area contributed by atoms with Gasteiger partial charge in [0.2, 0.25) is 0 Å². The average molecular weight is 311 g/mol. The van der Waals surface area contributed by atoms with Crippen LogP contribution in [0.15, 0.2) is 22.7 Å². The molecule has 1 atom stereocenters. The molecule has 0 saturated carbocycles. The summed E-state index contributed by atoms with van der Waals surface area (Å²) >= 11 is 3.42. The minimum Gasteiger partial charge on any atom is -0.388 e. The van der Waals surface area contributed by atoms with Crippen LogP contribution in [-0.2, 0) is 0 Å². The van der Waals surface area contributed by atoms with E-state index in [4.69, 9.17) is 0 Å². The second-order valence-electron chi connectivity index (χ2n) is 4.14. The maximum Gasteiger partial charge on any atom is 0.179 e. The van der Waals surface area contributed by atoms with Crippen LogP contribution < -0.4 is 0 Å². The normalized spacial score (nSPS) is 12.6. The molecule has 0 aliphatic heterocycles. The molecule has 0 fully saturated rings. The van der Waals surface area contributed by atoms with Crippen LogP contribution in [-0.4, -0.2) is 25.7 Å². The van der Waals surface area contributed by atoms with Crippen molar-refractivity contribution in [3.63, 3.8) is 0 Å². The average Bonchev–Trinajstić information content (AvgIpc) is 2.89. The van der Waals surface area contributed by atoms with E-state index < -0.39 is 6.10 Å². The number of benzene rings is 1. The summed E-state index contributed by atoms with van der Waals surface area (Å²) in [5.74, 6) is 0.571. The number of tetrazole rings is 1. The highest BCUT2D eigenvalue weighted by Gasteiger charge is 2.15. The third kappa shape index (κ3) is 2.94. The highest BCUT2D eigenvalue weighted by atomic mass is 79.9. The molecule has 2 rings (SSSR count). The molecule has 1 heterocycles. The topological polar surface area (TPSA) is 74.7 Å². The lowest BCUT2D eigenvalue weighted by atomic mass is 9.98. The molecule has 5 nitrogen and oxygen atoms in total. The quantitative estimate of drug-likeness (QED) is 0.890. The first-order chi connectivity index (χ1) is 8.72. The minimum absolute atomic E-state index is 0.488. The van der Waals surface area contributed by atoms with Crippen molar-refractivity contribution in [1.82, 2.24) is 20.6 Å². The Bertz CT molecular complexity index is 501. The molecule has 96 valence electrons. The van der Waals surface area contributed by atoms with E-state index in [0.29, 0.717) is 5.82 Å². The molecule has 0 bridgehead atoms. The summed E-state index contributed by atoms with van der Waals surface area (Å²) in [6.07, 6.45) is 2.31. The Hall–Kier alpha value is -1.27. The van der Waals surface area contributed by atoms with Crippen molar-refractivity contribution in [2.45, 2.75) is 32.3 Å². The number of unbranched alkanes of at least 4 members (excludes halogenated alkanes) is 1. The molecule has 2 N–H and O–H groups in total. The minimum atomic E-state index is -0.488. The van der Waals surface area contributed by atoms with E-state index in [1.165, 1.54) is 0 Å². The highest BCUT2D eigenvalue weighted by Crippen LogP contribution is 2.30. The lowest BCUT2D eigenvalue weighted by Crippen LogP contribution is -2.01. The summed E-state index contributed by atoms with van der Waals surface area (Å²) in [5.41, 5.74) is 1.68. The van der Waals surface area contributed by atoms with E-state index in [1.54, 1.807) is 0 Å². The van der Waals surface area contributed by atoms with E-state index in [0.717, 1.165) is 34.9 Å². The molecule has 1 unspecified atom stereocenters. The summed E-state index contributed by atoms with van der Waals surface area (Å²) in [6.45, 7) is 2.11. The third-order valence-electron chi connectivity index (χ3n) is 2.81. The second kappa shape index (κ2) is 6.06. The molecule has 6 heteroatoms. The summed E-state index contributed by atoms with van der Waals surface area (Å²) in [5, 5.41) is 24.0. The molecular formula is C12H15BrN4O. The smallest absolute Gasteiger partial charge is 0.179 e. The van der Waals surface area contributed by atoms with Gasteiger partial charge < -0.3 is 5.11 Å². The van der Waals surface area contributed by atoms with Gasteiger partial charge >= 0.3 is 0 Å². The first-order valence-electron chi connectivity index (χ1n) is 5.94. The first-order valence-corrected chi connectivity index (χ1v) is 6.73. The lowest BCUT2D eigenvalue weighted by molar-refractivity contribution is 0.165. The number of hydrogen-bond acceptors (Lipinski definition) is 4. The molecule has 0 amide bonds. The van der Waals surface area contributed by atoms with Gasteiger partial charge in [-0.1, -0.05) is 41.8 Å². The number of nitrogens with one attached hydrogen (secondary N) is 1. The zero-order valence-corrected chi connectivity index (χ0v) is 11.7. The van der Waals surface area contributed by atoms with Crippen molar-refractivity contribution in [1.29, 1.82) is 0 Å². The van der Waals surface area contributed by atoms with Crippen molar-refractivity contribution in [2.24, 2.45) is 0 Å². The Morgan fingerprint density at radius 2 is 2.28 bits per heavy atom. The fourth-order valence-corrected chi connectivity index (χ4v) is 2.21. The molecule has 0 aliphatic rings. The van der Waals surface area contributed by atoms with Crippen LogP contribution in [0, 0.1) is 0 Å². The van der Waals surface area contributed by atoms with Gasteiger partial charge in [-0.2, -0.15) is 0 Å². The maximum absolute atomic E-state index is 10.2. The third-order valence-corrected chi connectivity index (χ3v) is 3.30. The number of aliphatic hydroxyl groups excluding tert-OH is 1. The van der Waals surface area contributed by atoms with Gasteiger partial charge in [0.15, 0.2) is 5.82 Å². The van der Waals surface area contributed by atoms with Gasteiger partial charge in [0, 0.05) is 10.0 Å². The zero-order chi connectivity index (χ0) is 13.0. The van der Waals surface area contributed by atoms with E-state index in [1.807, 2.05) is 18.2 Å².